The van der Waals surface area contributed by atoms with Crippen LogP contribution in [-0.4, -0.2) is 56.5 Å². The van der Waals surface area contributed by atoms with Gasteiger partial charge in [0.2, 0.25) is 0 Å². The molecule has 0 saturated carbocycles. The summed E-state index contributed by atoms with van der Waals surface area (Å²) in [5, 5.41) is 3.72. The van der Waals surface area contributed by atoms with E-state index < -0.39 is 0 Å². The molecular weight excluding hydrogens is 264 g/mol. The van der Waals surface area contributed by atoms with Crippen molar-refractivity contribution in [3.05, 3.63) is 35.9 Å². The van der Waals surface area contributed by atoms with Gasteiger partial charge in [-0.3, -0.25) is 4.90 Å². The van der Waals surface area contributed by atoms with Gasteiger partial charge in [-0.25, -0.2) is 0 Å². The zero-order valence-corrected chi connectivity index (χ0v) is 13.0. The van der Waals surface area contributed by atoms with Crippen LogP contribution in [0.1, 0.15) is 19.4 Å². The topological polar surface area (TPSA) is 33.7 Å². The second-order valence-corrected chi connectivity index (χ2v) is 6.43. The van der Waals surface area contributed by atoms with Crippen molar-refractivity contribution in [1.82, 2.24) is 10.2 Å². The van der Waals surface area contributed by atoms with E-state index in [0.717, 1.165) is 39.5 Å². The minimum Gasteiger partial charge on any atom is -0.376 e. The van der Waals surface area contributed by atoms with Gasteiger partial charge in [-0.1, -0.05) is 30.3 Å². The van der Waals surface area contributed by atoms with Crippen molar-refractivity contribution in [1.29, 1.82) is 0 Å². The Balaban J connectivity index is 1.69. The number of ether oxygens (including phenoxy) is 2. The number of nitrogens with one attached hydrogen (secondary N) is 1. The fourth-order valence-electron chi connectivity index (χ4n) is 3.27. The Morgan fingerprint density at radius 1 is 1.29 bits per heavy atom. The van der Waals surface area contributed by atoms with Crippen molar-refractivity contribution in [3.8, 4) is 0 Å². The molecule has 2 aliphatic heterocycles. The van der Waals surface area contributed by atoms with Crippen LogP contribution >= 0.6 is 0 Å². The lowest BCUT2D eigenvalue weighted by Gasteiger charge is -2.46. The highest BCUT2D eigenvalue weighted by Gasteiger charge is 2.36. The Hall–Kier alpha value is -0.940. The lowest BCUT2D eigenvalue weighted by molar-refractivity contribution is -0.104. The Labute approximate surface area is 127 Å². The average molecular weight is 290 g/mol. The molecular formula is C17H26N2O2. The summed E-state index contributed by atoms with van der Waals surface area (Å²) < 4.78 is 11.3. The van der Waals surface area contributed by atoms with Crippen LogP contribution in [0.25, 0.3) is 0 Å². The van der Waals surface area contributed by atoms with Gasteiger partial charge in [-0.05, 0) is 19.4 Å². The molecule has 0 radical (unpaired) electrons. The SMILES string of the molecule is CC1CNC(C)(c2ccccc2)CN1CC1COCCO1. The van der Waals surface area contributed by atoms with Gasteiger partial charge >= 0.3 is 0 Å². The normalized spacial score (nSPS) is 34.8. The third-order valence-electron chi connectivity index (χ3n) is 4.66. The largest absolute Gasteiger partial charge is 0.376 e. The third kappa shape index (κ3) is 3.46. The highest BCUT2D eigenvalue weighted by Crippen LogP contribution is 2.26. The van der Waals surface area contributed by atoms with E-state index in [1.54, 1.807) is 0 Å². The van der Waals surface area contributed by atoms with E-state index in [1.165, 1.54) is 5.56 Å². The Morgan fingerprint density at radius 2 is 2.10 bits per heavy atom. The first-order valence-corrected chi connectivity index (χ1v) is 7.91. The number of hydrogen-bond donors (Lipinski definition) is 1. The summed E-state index contributed by atoms with van der Waals surface area (Å²) in [7, 11) is 0. The summed E-state index contributed by atoms with van der Waals surface area (Å²) in [4.78, 5) is 2.53. The summed E-state index contributed by atoms with van der Waals surface area (Å²) in [6.45, 7) is 9.69. The van der Waals surface area contributed by atoms with E-state index in [4.69, 9.17) is 9.47 Å². The number of piperazine rings is 1. The van der Waals surface area contributed by atoms with E-state index in [-0.39, 0.29) is 11.6 Å². The Kier molecular flexibility index (Phi) is 4.60. The monoisotopic (exact) mass is 290 g/mol. The smallest absolute Gasteiger partial charge is 0.0936 e. The van der Waals surface area contributed by atoms with Crippen molar-refractivity contribution in [3.63, 3.8) is 0 Å². The summed E-state index contributed by atoms with van der Waals surface area (Å²) in [5.41, 5.74) is 1.35. The molecule has 21 heavy (non-hydrogen) atoms. The van der Waals surface area contributed by atoms with E-state index in [2.05, 4.69) is 54.4 Å². The zero-order valence-electron chi connectivity index (χ0n) is 13.0. The fraction of sp³-hybridized carbons (Fsp3) is 0.647. The maximum atomic E-state index is 5.82. The minimum absolute atomic E-state index is 0.00327. The van der Waals surface area contributed by atoms with Crippen molar-refractivity contribution >= 4 is 0 Å². The summed E-state index contributed by atoms with van der Waals surface area (Å²) in [6, 6.07) is 11.2. The van der Waals surface area contributed by atoms with Crippen LogP contribution in [0.5, 0.6) is 0 Å². The second-order valence-electron chi connectivity index (χ2n) is 6.43. The first kappa shape index (κ1) is 15.0. The van der Waals surface area contributed by atoms with Gasteiger partial charge in [0, 0.05) is 25.7 Å². The molecule has 0 aromatic heterocycles. The van der Waals surface area contributed by atoms with Crippen molar-refractivity contribution in [2.45, 2.75) is 31.5 Å². The zero-order chi connectivity index (χ0) is 14.7. The molecule has 3 atom stereocenters. The molecule has 1 aromatic rings. The Bertz CT molecular complexity index is 447. The maximum absolute atomic E-state index is 5.82. The summed E-state index contributed by atoms with van der Waals surface area (Å²) in [6.07, 6.45) is 0.208. The molecule has 2 saturated heterocycles. The second kappa shape index (κ2) is 6.44. The van der Waals surface area contributed by atoms with Gasteiger partial charge in [0.25, 0.3) is 0 Å². The molecule has 0 spiro atoms. The molecule has 3 unspecified atom stereocenters. The third-order valence-corrected chi connectivity index (χ3v) is 4.66. The predicted octanol–water partition coefficient (Wildman–Crippen LogP) is 1.61. The van der Waals surface area contributed by atoms with E-state index >= 15 is 0 Å². The van der Waals surface area contributed by atoms with Gasteiger partial charge in [0.05, 0.1) is 31.5 Å². The van der Waals surface area contributed by atoms with Crippen molar-refractivity contribution in [2.75, 3.05) is 39.5 Å². The van der Waals surface area contributed by atoms with Gasteiger partial charge in [-0.2, -0.15) is 0 Å². The predicted molar refractivity (Wildman–Crippen MR) is 83.4 cm³/mol. The molecule has 1 N–H and O–H groups in total. The highest BCUT2D eigenvalue weighted by molar-refractivity contribution is 5.25. The van der Waals surface area contributed by atoms with Gasteiger partial charge in [0.1, 0.15) is 0 Å². The molecule has 0 amide bonds. The quantitative estimate of drug-likeness (QED) is 0.917. The molecule has 4 nitrogen and oxygen atoms in total. The average Bonchev–Trinajstić information content (AvgIpc) is 2.53. The molecule has 2 aliphatic rings. The van der Waals surface area contributed by atoms with E-state index in [1.807, 2.05) is 0 Å². The van der Waals surface area contributed by atoms with Crippen LogP contribution in [0.2, 0.25) is 0 Å². The van der Waals surface area contributed by atoms with Crippen LogP contribution in [0.15, 0.2) is 30.3 Å². The lowest BCUT2D eigenvalue weighted by atomic mass is 9.88. The van der Waals surface area contributed by atoms with Crippen LogP contribution in [-0.2, 0) is 15.0 Å². The number of rotatable bonds is 3. The molecule has 0 bridgehead atoms. The molecule has 116 valence electrons. The summed E-state index contributed by atoms with van der Waals surface area (Å²) >= 11 is 0. The first-order chi connectivity index (χ1) is 10.2. The molecule has 2 fully saturated rings. The lowest BCUT2D eigenvalue weighted by Crippen LogP contribution is -2.61. The van der Waals surface area contributed by atoms with Crippen LogP contribution in [0.3, 0.4) is 0 Å². The van der Waals surface area contributed by atoms with E-state index in [0.29, 0.717) is 6.04 Å². The van der Waals surface area contributed by atoms with Crippen molar-refractivity contribution < 1.29 is 9.47 Å². The highest BCUT2D eigenvalue weighted by atomic mass is 16.6. The van der Waals surface area contributed by atoms with Crippen LogP contribution in [0.4, 0.5) is 0 Å². The van der Waals surface area contributed by atoms with Gasteiger partial charge in [0.15, 0.2) is 0 Å². The number of benzene rings is 1. The molecule has 2 heterocycles. The van der Waals surface area contributed by atoms with E-state index in [9.17, 15) is 0 Å². The van der Waals surface area contributed by atoms with Gasteiger partial charge < -0.3 is 14.8 Å². The maximum Gasteiger partial charge on any atom is 0.0936 e. The molecule has 1 aromatic carbocycles. The summed E-state index contributed by atoms with van der Waals surface area (Å²) in [5.74, 6) is 0. The van der Waals surface area contributed by atoms with Crippen LogP contribution in [0, 0.1) is 0 Å². The number of nitrogens with zero attached hydrogens (tertiary/aromatic N) is 1. The fourth-order valence-corrected chi connectivity index (χ4v) is 3.27. The van der Waals surface area contributed by atoms with Crippen molar-refractivity contribution in [2.24, 2.45) is 0 Å². The molecule has 3 rings (SSSR count). The Morgan fingerprint density at radius 3 is 2.81 bits per heavy atom. The van der Waals surface area contributed by atoms with Crippen LogP contribution < -0.4 is 5.32 Å². The number of hydrogen-bond acceptors (Lipinski definition) is 4. The minimum atomic E-state index is 0.00327. The molecule has 0 aliphatic carbocycles. The molecule has 4 heteroatoms. The van der Waals surface area contributed by atoms with Gasteiger partial charge in [-0.15, -0.1) is 0 Å². The first-order valence-electron chi connectivity index (χ1n) is 7.91. The standard InChI is InChI=1S/C17H26N2O2/c1-14-10-18-17(2,15-6-4-3-5-7-15)13-19(14)11-16-12-20-8-9-21-16/h3-7,14,16,18H,8-13H2,1-2H3.